The molecule has 3 rings (SSSR count). The lowest BCUT2D eigenvalue weighted by Crippen LogP contribution is -2.30. The quantitative estimate of drug-likeness (QED) is 0.749. The van der Waals surface area contributed by atoms with Crippen LogP contribution in [0.1, 0.15) is 23.4 Å². The van der Waals surface area contributed by atoms with E-state index in [2.05, 4.69) is 0 Å². The maximum Gasteiger partial charge on any atom is 0.244 e. The van der Waals surface area contributed by atoms with Gasteiger partial charge in [-0.25, -0.2) is 8.42 Å². The minimum Gasteiger partial charge on any atom is -0.497 e. The second-order valence-electron chi connectivity index (χ2n) is 5.94. The van der Waals surface area contributed by atoms with Gasteiger partial charge in [-0.2, -0.15) is 4.31 Å². The van der Waals surface area contributed by atoms with Gasteiger partial charge in [0.2, 0.25) is 10.0 Å². The first-order valence-electron chi connectivity index (χ1n) is 8.45. The third-order valence-electron chi connectivity index (χ3n) is 4.49. The van der Waals surface area contributed by atoms with Gasteiger partial charge in [0, 0.05) is 17.9 Å². The summed E-state index contributed by atoms with van der Waals surface area (Å²) in [6.07, 6.45) is 0.878. The summed E-state index contributed by atoms with van der Waals surface area (Å²) >= 11 is 1.59. The first kappa shape index (κ1) is 19.1. The third-order valence-corrected chi connectivity index (χ3v) is 7.74. The van der Waals surface area contributed by atoms with Crippen LogP contribution in [0, 0.1) is 0 Å². The van der Waals surface area contributed by atoms with Gasteiger partial charge in [0.25, 0.3) is 0 Å². The number of benzene rings is 2. The molecule has 1 atom stereocenters. The molecule has 7 heteroatoms. The average Bonchev–Trinajstić information content (AvgIpc) is 3.18. The summed E-state index contributed by atoms with van der Waals surface area (Å²) in [5, 5.41) is -0.337. The van der Waals surface area contributed by atoms with Crippen molar-refractivity contribution < 1.29 is 17.9 Å². The SMILES string of the molecule is CCc1ccc(S(=O)(=O)N2CCS[C@H]2c2cc(OC)ccc2OC)cc1. The fourth-order valence-electron chi connectivity index (χ4n) is 3.01. The fraction of sp³-hybridized carbons (Fsp3) is 0.368. The van der Waals surface area contributed by atoms with Crippen molar-refractivity contribution in [3.63, 3.8) is 0 Å². The van der Waals surface area contributed by atoms with Crippen LogP contribution in [0.15, 0.2) is 47.4 Å². The lowest BCUT2D eigenvalue weighted by atomic mass is 10.2. The van der Waals surface area contributed by atoms with Gasteiger partial charge in [0.1, 0.15) is 11.5 Å². The van der Waals surface area contributed by atoms with Crippen molar-refractivity contribution in [3.05, 3.63) is 53.6 Å². The Kier molecular flexibility index (Phi) is 5.79. The summed E-state index contributed by atoms with van der Waals surface area (Å²) in [5.41, 5.74) is 1.92. The van der Waals surface area contributed by atoms with Gasteiger partial charge < -0.3 is 9.47 Å². The topological polar surface area (TPSA) is 55.8 Å². The summed E-state index contributed by atoms with van der Waals surface area (Å²) in [4.78, 5) is 0.323. The van der Waals surface area contributed by atoms with Crippen LogP contribution < -0.4 is 9.47 Å². The Balaban J connectivity index is 1.99. The fourth-order valence-corrected chi connectivity index (χ4v) is 6.26. The zero-order valence-electron chi connectivity index (χ0n) is 15.1. The van der Waals surface area contributed by atoms with Crippen molar-refractivity contribution in [3.8, 4) is 11.5 Å². The Morgan fingerprint density at radius 1 is 1.12 bits per heavy atom. The van der Waals surface area contributed by atoms with Crippen LogP contribution in [0.2, 0.25) is 0 Å². The van der Waals surface area contributed by atoms with E-state index in [1.807, 2.05) is 37.3 Å². The molecular weight excluding hydrogens is 370 g/mol. The second-order valence-corrected chi connectivity index (χ2v) is 9.02. The van der Waals surface area contributed by atoms with Crippen LogP contribution in [0.4, 0.5) is 0 Å². The maximum absolute atomic E-state index is 13.2. The summed E-state index contributed by atoms with van der Waals surface area (Å²) in [7, 11) is -0.404. The van der Waals surface area contributed by atoms with E-state index in [-0.39, 0.29) is 5.37 Å². The van der Waals surface area contributed by atoms with Gasteiger partial charge in [0.05, 0.1) is 24.5 Å². The molecule has 1 aliphatic heterocycles. The number of hydrogen-bond acceptors (Lipinski definition) is 5. The van der Waals surface area contributed by atoms with E-state index in [1.54, 1.807) is 42.4 Å². The van der Waals surface area contributed by atoms with Crippen molar-refractivity contribution in [1.82, 2.24) is 4.31 Å². The van der Waals surface area contributed by atoms with Crippen LogP contribution in [0.3, 0.4) is 0 Å². The van der Waals surface area contributed by atoms with Crippen molar-refractivity contribution >= 4 is 21.8 Å². The van der Waals surface area contributed by atoms with E-state index in [0.717, 1.165) is 23.3 Å². The van der Waals surface area contributed by atoms with Gasteiger partial charge in [0.15, 0.2) is 0 Å². The Morgan fingerprint density at radius 3 is 2.46 bits per heavy atom. The summed E-state index contributed by atoms with van der Waals surface area (Å²) in [6, 6.07) is 12.6. The highest BCUT2D eigenvalue weighted by Gasteiger charge is 2.38. The number of rotatable bonds is 6. The minimum absolute atomic E-state index is 0.323. The Bertz CT molecular complexity index is 866. The van der Waals surface area contributed by atoms with Crippen molar-refractivity contribution in [1.29, 1.82) is 0 Å². The van der Waals surface area contributed by atoms with Gasteiger partial charge in [-0.3, -0.25) is 0 Å². The molecule has 0 spiro atoms. The molecule has 0 aromatic heterocycles. The number of hydrogen-bond donors (Lipinski definition) is 0. The summed E-state index contributed by atoms with van der Waals surface area (Å²) in [6.45, 7) is 2.51. The van der Waals surface area contributed by atoms with Gasteiger partial charge in [-0.15, -0.1) is 11.8 Å². The number of aryl methyl sites for hydroxylation is 1. The zero-order valence-corrected chi connectivity index (χ0v) is 16.8. The van der Waals surface area contributed by atoms with E-state index in [0.29, 0.717) is 22.9 Å². The second kappa shape index (κ2) is 7.90. The van der Waals surface area contributed by atoms with Crippen LogP contribution in [-0.2, 0) is 16.4 Å². The van der Waals surface area contributed by atoms with Gasteiger partial charge in [-0.1, -0.05) is 19.1 Å². The first-order chi connectivity index (χ1) is 12.5. The molecule has 140 valence electrons. The third kappa shape index (κ3) is 3.56. The Hall–Kier alpha value is -1.70. The highest BCUT2D eigenvalue weighted by molar-refractivity contribution is 8.01. The number of nitrogens with zero attached hydrogens (tertiary/aromatic N) is 1. The van der Waals surface area contributed by atoms with E-state index >= 15 is 0 Å². The zero-order chi connectivity index (χ0) is 18.7. The van der Waals surface area contributed by atoms with E-state index in [1.165, 1.54) is 0 Å². The molecule has 0 saturated carbocycles. The van der Waals surface area contributed by atoms with E-state index in [9.17, 15) is 8.42 Å². The number of thioether (sulfide) groups is 1. The molecule has 0 amide bonds. The predicted octanol–water partition coefficient (Wildman–Crippen LogP) is 3.70. The number of sulfonamides is 1. The Labute approximate surface area is 159 Å². The molecule has 0 aliphatic carbocycles. The molecule has 1 saturated heterocycles. The van der Waals surface area contributed by atoms with Crippen molar-refractivity contribution in [2.45, 2.75) is 23.6 Å². The predicted molar refractivity (Wildman–Crippen MR) is 104 cm³/mol. The standard InChI is InChI=1S/C19H23NO4S2/c1-4-14-5-8-16(9-6-14)26(21,22)20-11-12-25-19(20)17-13-15(23-2)7-10-18(17)24-3/h5-10,13,19H,4,11-12H2,1-3H3/t19-/m0/s1. The molecule has 2 aromatic carbocycles. The molecule has 1 fully saturated rings. The molecule has 1 heterocycles. The smallest absolute Gasteiger partial charge is 0.244 e. The van der Waals surface area contributed by atoms with E-state index < -0.39 is 10.0 Å². The molecule has 0 N–H and O–H groups in total. The van der Waals surface area contributed by atoms with E-state index in [4.69, 9.17) is 9.47 Å². The highest BCUT2D eigenvalue weighted by atomic mass is 32.2. The molecule has 0 unspecified atom stereocenters. The largest absolute Gasteiger partial charge is 0.497 e. The first-order valence-corrected chi connectivity index (χ1v) is 10.9. The summed E-state index contributed by atoms with van der Waals surface area (Å²) in [5.74, 6) is 2.07. The van der Waals surface area contributed by atoms with Crippen LogP contribution in [-0.4, -0.2) is 39.2 Å². The summed E-state index contributed by atoms with van der Waals surface area (Å²) < 4.78 is 38.8. The average molecular weight is 394 g/mol. The van der Waals surface area contributed by atoms with Crippen LogP contribution >= 0.6 is 11.8 Å². The van der Waals surface area contributed by atoms with Gasteiger partial charge in [-0.05, 0) is 42.3 Å². The minimum atomic E-state index is -3.59. The van der Waals surface area contributed by atoms with Crippen LogP contribution in [0.25, 0.3) is 0 Å². The number of methoxy groups -OCH3 is 2. The molecule has 1 aliphatic rings. The molecular formula is C19H23NO4S2. The van der Waals surface area contributed by atoms with Crippen molar-refractivity contribution in [2.75, 3.05) is 26.5 Å². The number of ether oxygens (including phenoxy) is 2. The monoisotopic (exact) mass is 393 g/mol. The lowest BCUT2D eigenvalue weighted by Gasteiger charge is -2.25. The van der Waals surface area contributed by atoms with Gasteiger partial charge >= 0.3 is 0 Å². The molecule has 5 nitrogen and oxygen atoms in total. The molecule has 0 bridgehead atoms. The maximum atomic E-state index is 13.2. The molecule has 0 radical (unpaired) electrons. The lowest BCUT2D eigenvalue weighted by molar-refractivity contribution is 0.382. The van der Waals surface area contributed by atoms with Crippen LogP contribution in [0.5, 0.6) is 11.5 Å². The Morgan fingerprint density at radius 2 is 1.85 bits per heavy atom. The van der Waals surface area contributed by atoms with Crippen molar-refractivity contribution in [2.24, 2.45) is 0 Å². The molecule has 2 aromatic rings. The molecule has 26 heavy (non-hydrogen) atoms. The normalized spacial score (nSPS) is 18.0. The highest BCUT2D eigenvalue weighted by Crippen LogP contribution is 2.45.